The summed E-state index contributed by atoms with van der Waals surface area (Å²) in [7, 11) is 0. The van der Waals surface area contributed by atoms with E-state index >= 15 is 0 Å². The second-order valence-electron chi connectivity index (χ2n) is 7.79. The standard InChI is InChI=1S/C24H32N4O2.HI/c1-2-25-24(27-17-22-15-19-7-5-6-10-23(19)30-22)26-16-20-8-3-4-9-21(20)18-28-11-13-29-14-12-28;/h3-10,22H,2,11-18H2,1H3,(H2,25,26,27);1H. The molecule has 0 amide bonds. The minimum atomic E-state index is 0. The molecule has 4 rings (SSSR count). The largest absolute Gasteiger partial charge is 0.488 e. The lowest BCUT2D eigenvalue weighted by Gasteiger charge is -2.27. The van der Waals surface area contributed by atoms with Crippen molar-refractivity contribution in [3.63, 3.8) is 0 Å². The topological polar surface area (TPSA) is 58.1 Å². The van der Waals surface area contributed by atoms with Crippen LogP contribution in [0, 0.1) is 0 Å². The van der Waals surface area contributed by atoms with Crippen molar-refractivity contribution in [1.82, 2.24) is 15.5 Å². The van der Waals surface area contributed by atoms with Crippen LogP contribution in [0.4, 0.5) is 0 Å². The fourth-order valence-corrected chi connectivity index (χ4v) is 3.95. The molecule has 2 aliphatic rings. The van der Waals surface area contributed by atoms with Gasteiger partial charge in [0.05, 0.1) is 26.3 Å². The number of fused-ring (bicyclic) bond motifs is 1. The number of halogens is 1. The van der Waals surface area contributed by atoms with E-state index in [0.717, 1.165) is 64.1 Å². The molecule has 2 N–H and O–H groups in total. The lowest BCUT2D eigenvalue weighted by Crippen LogP contribution is -2.42. The van der Waals surface area contributed by atoms with E-state index in [1.807, 2.05) is 12.1 Å². The molecule has 168 valence electrons. The number of para-hydroxylation sites is 1. The summed E-state index contributed by atoms with van der Waals surface area (Å²) in [6, 6.07) is 16.9. The Hall–Kier alpha value is -1.84. The molecule has 7 heteroatoms. The van der Waals surface area contributed by atoms with Gasteiger partial charge in [-0.2, -0.15) is 0 Å². The van der Waals surface area contributed by atoms with Gasteiger partial charge in [0, 0.05) is 32.6 Å². The number of nitrogens with zero attached hydrogens (tertiary/aromatic N) is 2. The maximum Gasteiger partial charge on any atom is 0.191 e. The minimum absolute atomic E-state index is 0. The Morgan fingerprint density at radius 1 is 1.03 bits per heavy atom. The predicted molar refractivity (Wildman–Crippen MR) is 135 cm³/mol. The third kappa shape index (κ3) is 6.82. The molecule has 0 saturated carbocycles. The molecule has 0 spiro atoms. The van der Waals surface area contributed by atoms with Crippen molar-refractivity contribution in [2.75, 3.05) is 39.4 Å². The third-order valence-electron chi connectivity index (χ3n) is 5.58. The van der Waals surface area contributed by atoms with Crippen LogP contribution in [-0.2, 0) is 24.2 Å². The van der Waals surface area contributed by atoms with E-state index in [9.17, 15) is 0 Å². The Labute approximate surface area is 202 Å². The highest BCUT2D eigenvalue weighted by Crippen LogP contribution is 2.27. The van der Waals surface area contributed by atoms with E-state index < -0.39 is 0 Å². The summed E-state index contributed by atoms with van der Waals surface area (Å²) < 4.78 is 11.5. The third-order valence-corrected chi connectivity index (χ3v) is 5.58. The Bertz CT molecular complexity index is 830. The van der Waals surface area contributed by atoms with Crippen molar-refractivity contribution in [3.05, 3.63) is 65.2 Å². The number of morpholine rings is 1. The van der Waals surface area contributed by atoms with Crippen molar-refractivity contribution in [2.45, 2.75) is 32.5 Å². The number of benzene rings is 2. The second-order valence-corrected chi connectivity index (χ2v) is 7.79. The van der Waals surface area contributed by atoms with Gasteiger partial charge in [-0.15, -0.1) is 24.0 Å². The molecule has 31 heavy (non-hydrogen) atoms. The smallest absolute Gasteiger partial charge is 0.191 e. The van der Waals surface area contributed by atoms with Crippen molar-refractivity contribution in [1.29, 1.82) is 0 Å². The zero-order valence-corrected chi connectivity index (χ0v) is 20.5. The van der Waals surface area contributed by atoms with Crippen LogP contribution in [0.3, 0.4) is 0 Å². The first-order valence-corrected chi connectivity index (χ1v) is 11.0. The molecule has 1 unspecified atom stereocenters. The fraction of sp³-hybridized carbons (Fsp3) is 0.458. The Kier molecular flexibility index (Phi) is 9.42. The number of aliphatic imine (C=N–C) groups is 1. The first-order chi connectivity index (χ1) is 14.8. The number of ether oxygens (including phenoxy) is 2. The zero-order valence-electron chi connectivity index (χ0n) is 18.2. The maximum atomic E-state index is 6.04. The second kappa shape index (κ2) is 12.3. The van der Waals surface area contributed by atoms with Crippen molar-refractivity contribution >= 4 is 29.9 Å². The molecular formula is C24H33IN4O2. The maximum absolute atomic E-state index is 6.04. The first-order valence-electron chi connectivity index (χ1n) is 11.0. The van der Waals surface area contributed by atoms with E-state index in [1.54, 1.807) is 0 Å². The van der Waals surface area contributed by atoms with Crippen molar-refractivity contribution in [2.24, 2.45) is 4.99 Å². The average Bonchev–Trinajstić information content (AvgIpc) is 3.20. The average molecular weight is 536 g/mol. The highest BCUT2D eigenvalue weighted by molar-refractivity contribution is 14.0. The summed E-state index contributed by atoms with van der Waals surface area (Å²) in [6.07, 6.45) is 1.07. The highest BCUT2D eigenvalue weighted by Gasteiger charge is 2.22. The van der Waals surface area contributed by atoms with E-state index in [2.05, 4.69) is 58.9 Å². The molecule has 0 radical (unpaired) electrons. The van der Waals surface area contributed by atoms with Gasteiger partial charge in [-0.05, 0) is 29.7 Å². The van der Waals surface area contributed by atoms with Crippen LogP contribution in [0.1, 0.15) is 23.6 Å². The van der Waals surface area contributed by atoms with Gasteiger partial charge < -0.3 is 20.1 Å². The molecule has 2 aromatic rings. The van der Waals surface area contributed by atoms with Gasteiger partial charge in [0.1, 0.15) is 11.9 Å². The lowest BCUT2D eigenvalue weighted by atomic mass is 10.1. The van der Waals surface area contributed by atoms with E-state index in [0.29, 0.717) is 6.54 Å². The molecule has 0 aliphatic carbocycles. The molecular weight excluding hydrogens is 503 g/mol. The SMILES string of the molecule is CCNC(=NCc1ccccc1CN1CCOCC1)NCC1Cc2ccccc2O1.I. The summed E-state index contributed by atoms with van der Waals surface area (Å²) in [5.41, 5.74) is 3.89. The molecule has 2 aromatic carbocycles. The highest BCUT2D eigenvalue weighted by atomic mass is 127. The van der Waals surface area contributed by atoms with E-state index in [-0.39, 0.29) is 30.1 Å². The Morgan fingerprint density at radius 3 is 2.55 bits per heavy atom. The van der Waals surface area contributed by atoms with Crippen LogP contribution in [-0.4, -0.2) is 56.4 Å². The summed E-state index contributed by atoms with van der Waals surface area (Å²) in [5, 5.41) is 6.81. The molecule has 1 atom stereocenters. The van der Waals surface area contributed by atoms with Crippen LogP contribution in [0.25, 0.3) is 0 Å². The van der Waals surface area contributed by atoms with Crippen LogP contribution in [0.15, 0.2) is 53.5 Å². The molecule has 0 aromatic heterocycles. The lowest BCUT2D eigenvalue weighted by molar-refractivity contribution is 0.0341. The molecule has 1 saturated heterocycles. The summed E-state index contributed by atoms with van der Waals surface area (Å²) in [6.45, 7) is 8.88. The quantitative estimate of drug-likeness (QED) is 0.324. The van der Waals surface area contributed by atoms with Gasteiger partial charge >= 0.3 is 0 Å². The number of hydrogen-bond donors (Lipinski definition) is 2. The van der Waals surface area contributed by atoms with Crippen LogP contribution in [0.2, 0.25) is 0 Å². The number of nitrogens with one attached hydrogen (secondary N) is 2. The Morgan fingerprint density at radius 2 is 1.77 bits per heavy atom. The van der Waals surface area contributed by atoms with E-state index in [4.69, 9.17) is 14.5 Å². The summed E-state index contributed by atoms with van der Waals surface area (Å²) in [5.74, 6) is 1.83. The van der Waals surface area contributed by atoms with Crippen LogP contribution < -0.4 is 15.4 Å². The van der Waals surface area contributed by atoms with E-state index in [1.165, 1.54) is 16.7 Å². The number of hydrogen-bond acceptors (Lipinski definition) is 4. The Balaban J connectivity index is 0.00000272. The number of rotatable bonds is 7. The van der Waals surface area contributed by atoms with Crippen LogP contribution in [0.5, 0.6) is 5.75 Å². The van der Waals surface area contributed by atoms with Gasteiger partial charge in [-0.1, -0.05) is 42.5 Å². The van der Waals surface area contributed by atoms with Gasteiger partial charge in [0.2, 0.25) is 0 Å². The molecule has 1 fully saturated rings. The molecule has 2 heterocycles. The van der Waals surface area contributed by atoms with Crippen molar-refractivity contribution < 1.29 is 9.47 Å². The fourth-order valence-electron chi connectivity index (χ4n) is 3.95. The summed E-state index contributed by atoms with van der Waals surface area (Å²) >= 11 is 0. The molecule has 0 bridgehead atoms. The first kappa shape index (κ1) is 23.8. The molecule has 2 aliphatic heterocycles. The van der Waals surface area contributed by atoms with Gasteiger partial charge in [0.25, 0.3) is 0 Å². The summed E-state index contributed by atoms with van der Waals surface area (Å²) in [4.78, 5) is 7.29. The predicted octanol–water partition coefficient (Wildman–Crippen LogP) is 3.20. The zero-order chi connectivity index (χ0) is 20.6. The van der Waals surface area contributed by atoms with Crippen LogP contribution >= 0.6 is 24.0 Å². The van der Waals surface area contributed by atoms with Crippen molar-refractivity contribution in [3.8, 4) is 5.75 Å². The van der Waals surface area contributed by atoms with Gasteiger partial charge in [0.15, 0.2) is 5.96 Å². The number of guanidine groups is 1. The normalized spacial score (nSPS) is 18.6. The molecule has 6 nitrogen and oxygen atoms in total. The monoisotopic (exact) mass is 536 g/mol. The minimum Gasteiger partial charge on any atom is -0.488 e. The van der Waals surface area contributed by atoms with Gasteiger partial charge in [-0.3, -0.25) is 4.90 Å². The van der Waals surface area contributed by atoms with Gasteiger partial charge in [-0.25, -0.2) is 4.99 Å².